The molecular weight excluding hydrogens is 230 g/mol. The van der Waals surface area contributed by atoms with Crippen molar-refractivity contribution in [1.29, 1.82) is 0 Å². The van der Waals surface area contributed by atoms with Gasteiger partial charge in [-0.15, -0.1) is 12.4 Å². The Kier molecular flexibility index (Phi) is 9.18. The predicted molar refractivity (Wildman–Crippen MR) is 66.2 cm³/mol. The Hall–Kier alpha value is -0.810. The maximum absolute atomic E-state index is 11.5. The minimum Gasteiger partial charge on any atom is -0.368 e. The van der Waals surface area contributed by atoms with Crippen molar-refractivity contribution in [2.45, 2.75) is 45.1 Å². The molecule has 0 aromatic carbocycles. The maximum Gasteiger partial charge on any atom is 0.243 e. The fourth-order valence-corrected chi connectivity index (χ4v) is 1.43. The van der Waals surface area contributed by atoms with Crippen LogP contribution in [0, 0.1) is 0 Å². The third-order valence-electron chi connectivity index (χ3n) is 2.67. The topological polar surface area (TPSA) is 98.2 Å². The number of nitrogens with one attached hydrogen (secondary N) is 1. The first-order chi connectivity index (χ1) is 7.02. The molecule has 0 spiro atoms. The summed E-state index contributed by atoms with van der Waals surface area (Å²) < 4.78 is 0. The molecule has 0 bridgehead atoms. The molecule has 0 aliphatic carbocycles. The quantitative estimate of drug-likeness (QED) is 0.607. The summed E-state index contributed by atoms with van der Waals surface area (Å²) in [4.78, 5) is 22.7. The molecule has 0 fully saturated rings. The molecule has 0 unspecified atom stereocenters. The van der Waals surface area contributed by atoms with Crippen molar-refractivity contribution in [3.05, 3.63) is 0 Å². The van der Waals surface area contributed by atoms with Crippen molar-refractivity contribution >= 4 is 24.2 Å². The van der Waals surface area contributed by atoms with Crippen LogP contribution in [0.3, 0.4) is 0 Å². The number of rotatable bonds is 7. The molecular formula is C10H22ClN3O2. The highest BCUT2D eigenvalue weighted by Crippen LogP contribution is 2.14. The van der Waals surface area contributed by atoms with Crippen molar-refractivity contribution < 1.29 is 9.59 Å². The normalized spacial score (nSPS) is 10.4. The first kappa shape index (κ1) is 17.6. The second-order valence-electron chi connectivity index (χ2n) is 3.59. The van der Waals surface area contributed by atoms with Gasteiger partial charge in [-0.05, 0) is 25.8 Å². The highest BCUT2D eigenvalue weighted by Gasteiger charge is 2.33. The molecule has 0 aliphatic rings. The lowest BCUT2D eigenvalue weighted by Crippen LogP contribution is -2.56. The molecule has 0 rings (SSSR count). The number of hydrogen-bond donors (Lipinski definition) is 3. The Morgan fingerprint density at radius 2 is 1.75 bits per heavy atom. The van der Waals surface area contributed by atoms with Crippen LogP contribution in [0.1, 0.15) is 39.5 Å². The molecule has 0 aromatic heterocycles. The second-order valence-corrected chi connectivity index (χ2v) is 3.59. The SMILES string of the molecule is CCC(CC)(NC(=O)CCCN)C(N)=O.Cl. The summed E-state index contributed by atoms with van der Waals surface area (Å²) in [5.74, 6) is -0.642. The van der Waals surface area contributed by atoms with E-state index in [4.69, 9.17) is 11.5 Å². The van der Waals surface area contributed by atoms with E-state index in [1.807, 2.05) is 13.8 Å². The zero-order valence-corrected chi connectivity index (χ0v) is 10.7. The van der Waals surface area contributed by atoms with Crippen molar-refractivity contribution in [3.63, 3.8) is 0 Å². The number of amides is 2. The molecule has 0 saturated heterocycles. The van der Waals surface area contributed by atoms with Gasteiger partial charge in [0.25, 0.3) is 0 Å². The number of hydrogen-bond acceptors (Lipinski definition) is 3. The Bertz CT molecular complexity index is 230. The minimum absolute atomic E-state index is 0. The molecule has 0 saturated carbocycles. The van der Waals surface area contributed by atoms with E-state index >= 15 is 0 Å². The first-order valence-electron chi connectivity index (χ1n) is 5.33. The van der Waals surface area contributed by atoms with Crippen LogP contribution in [0.5, 0.6) is 0 Å². The van der Waals surface area contributed by atoms with Crippen LogP contribution in [0.25, 0.3) is 0 Å². The van der Waals surface area contributed by atoms with E-state index in [0.29, 0.717) is 32.2 Å². The molecule has 0 aliphatic heterocycles. The van der Waals surface area contributed by atoms with Crippen LogP contribution in [0.15, 0.2) is 0 Å². The van der Waals surface area contributed by atoms with Crippen molar-refractivity contribution in [2.75, 3.05) is 6.54 Å². The summed E-state index contributed by atoms with van der Waals surface area (Å²) in [7, 11) is 0. The van der Waals surface area contributed by atoms with Crippen LogP contribution >= 0.6 is 12.4 Å². The maximum atomic E-state index is 11.5. The Balaban J connectivity index is 0. The summed E-state index contributed by atoms with van der Waals surface area (Å²) in [6.45, 7) is 4.13. The standard InChI is InChI=1S/C10H21N3O2.ClH/c1-3-10(4-2,9(12)15)13-8(14)6-5-7-11;/h3-7,11H2,1-2H3,(H2,12,15)(H,13,14);1H. The van der Waals surface area contributed by atoms with Gasteiger partial charge in [-0.25, -0.2) is 0 Å². The van der Waals surface area contributed by atoms with Crippen molar-refractivity contribution in [2.24, 2.45) is 11.5 Å². The molecule has 0 radical (unpaired) electrons. The van der Waals surface area contributed by atoms with E-state index in [1.54, 1.807) is 0 Å². The first-order valence-corrected chi connectivity index (χ1v) is 5.33. The van der Waals surface area contributed by atoms with Gasteiger partial charge in [-0.2, -0.15) is 0 Å². The van der Waals surface area contributed by atoms with E-state index in [1.165, 1.54) is 0 Å². The van der Waals surface area contributed by atoms with Crippen molar-refractivity contribution in [1.82, 2.24) is 5.32 Å². The lowest BCUT2D eigenvalue weighted by molar-refractivity contribution is -0.132. The number of halogens is 1. The molecule has 0 heterocycles. The summed E-state index contributed by atoms with van der Waals surface area (Å²) >= 11 is 0. The lowest BCUT2D eigenvalue weighted by atomic mass is 9.91. The number of carbonyl (C=O) groups excluding carboxylic acids is 2. The van der Waals surface area contributed by atoms with Gasteiger partial charge in [0, 0.05) is 6.42 Å². The molecule has 5 N–H and O–H groups in total. The van der Waals surface area contributed by atoms with Crippen LogP contribution < -0.4 is 16.8 Å². The van der Waals surface area contributed by atoms with Crippen LogP contribution in [0.4, 0.5) is 0 Å². The van der Waals surface area contributed by atoms with E-state index in [2.05, 4.69) is 5.32 Å². The second kappa shape index (κ2) is 8.35. The van der Waals surface area contributed by atoms with Gasteiger partial charge in [0.05, 0.1) is 0 Å². The molecule has 0 aromatic rings. The van der Waals surface area contributed by atoms with Gasteiger partial charge in [0.15, 0.2) is 0 Å². The third-order valence-corrected chi connectivity index (χ3v) is 2.67. The summed E-state index contributed by atoms with van der Waals surface area (Å²) in [6.07, 6.45) is 1.97. The van der Waals surface area contributed by atoms with E-state index < -0.39 is 11.4 Å². The third kappa shape index (κ3) is 4.81. The lowest BCUT2D eigenvalue weighted by Gasteiger charge is -2.29. The monoisotopic (exact) mass is 251 g/mol. The average Bonchev–Trinajstić information content (AvgIpc) is 2.22. The molecule has 16 heavy (non-hydrogen) atoms. The molecule has 6 heteroatoms. The van der Waals surface area contributed by atoms with E-state index in [0.717, 1.165) is 0 Å². The van der Waals surface area contributed by atoms with Gasteiger partial charge in [0.2, 0.25) is 11.8 Å². The highest BCUT2D eigenvalue weighted by molar-refractivity contribution is 5.90. The fourth-order valence-electron chi connectivity index (χ4n) is 1.43. The largest absolute Gasteiger partial charge is 0.368 e. The predicted octanol–water partition coefficient (Wildman–Crippen LogP) is 0.307. The molecule has 5 nitrogen and oxygen atoms in total. The van der Waals surface area contributed by atoms with Crippen LogP contribution in [0.2, 0.25) is 0 Å². The fraction of sp³-hybridized carbons (Fsp3) is 0.800. The van der Waals surface area contributed by atoms with Gasteiger partial charge < -0.3 is 16.8 Å². The van der Waals surface area contributed by atoms with Gasteiger partial charge in [0.1, 0.15) is 5.54 Å². The Labute approximate surface area is 103 Å². The molecule has 96 valence electrons. The Morgan fingerprint density at radius 3 is 2.06 bits per heavy atom. The summed E-state index contributed by atoms with van der Waals surface area (Å²) in [5.41, 5.74) is 9.69. The number of carbonyl (C=O) groups is 2. The molecule has 0 atom stereocenters. The molecule has 2 amide bonds. The summed E-state index contributed by atoms with van der Waals surface area (Å²) in [6, 6.07) is 0. The summed E-state index contributed by atoms with van der Waals surface area (Å²) in [5, 5.41) is 2.70. The van der Waals surface area contributed by atoms with Crippen molar-refractivity contribution in [3.8, 4) is 0 Å². The van der Waals surface area contributed by atoms with E-state index in [9.17, 15) is 9.59 Å². The zero-order chi connectivity index (χ0) is 11.9. The average molecular weight is 252 g/mol. The smallest absolute Gasteiger partial charge is 0.243 e. The number of nitrogens with two attached hydrogens (primary N) is 2. The van der Waals surface area contributed by atoms with Crippen LogP contribution in [-0.4, -0.2) is 23.9 Å². The highest BCUT2D eigenvalue weighted by atomic mass is 35.5. The Morgan fingerprint density at radius 1 is 1.25 bits per heavy atom. The van der Waals surface area contributed by atoms with E-state index in [-0.39, 0.29) is 18.3 Å². The van der Waals surface area contributed by atoms with Gasteiger partial charge in [-0.3, -0.25) is 9.59 Å². The minimum atomic E-state index is -0.897. The number of primary amides is 1. The van der Waals surface area contributed by atoms with Gasteiger partial charge >= 0.3 is 0 Å². The zero-order valence-electron chi connectivity index (χ0n) is 9.91. The van der Waals surface area contributed by atoms with Crippen LogP contribution in [-0.2, 0) is 9.59 Å². The van der Waals surface area contributed by atoms with Gasteiger partial charge in [-0.1, -0.05) is 13.8 Å².